The lowest BCUT2D eigenvalue weighted by molar-refractivity contribution is 0.145. The first-order valence-electron chi connectivity index (χ1n) is 3.25. The summed E-state index contributed by atoms with van der Waals surface area (Å²) < 4.78 is 37.4. The average Bonchev–Trinajstić information content (AvgIpc) is 2.09. The molecular weight excluding hydrogens is 315 g/mol. The zero-order chi connectivity index (χ0) is 10.0. The molecule has 0 aliphatic carbocycles. The average molecular weight is 319 g/mol. The maximum atomic E-state index is 13.1. The first kappa shape index (κ1) is 11.0. The fourth-order valence-electron chi connectivity index (χ4n) is 0.769. The van der Waals surface area contributed by atoms with E-state index in [0.717, 1.165) is 6.07 Å². The van der Waals surface area contributed by atoms with Gasteiger partial charge in [-0.2, -0.15) is 0 Å². The normalized spacial score (nSPS) is 10.9. The molecule has 0 atom stereocenters. The van der Waals surface area contributed by atoms with Gasteiger partial charge < -0.3 is 0 Å². The van der Waals surface area contributed by atoms with E-state index in [1.165, 1.54) is 0 Å². The van der Waals surface area contributed by atoms with Crippen molar-refractivity contribution >= 4 is 31.9 Å². The SMILES string of the molecule is Fc1c(Br)cc(C(F)F)nc1CBr. The quantitative estimate of drug-likeness (QED) is 0.756. The van der Waals surface area contributed by atoms with Gasteiger partial charge in [-0.15, -0.1) is 0 Å². The number of halogens is 5. The zero-order valence-corrected chi connectivity index (χ0v) is 9.37. The summed E-state index contributed by atoms with van der Waals surface area (Å²) in [4.78, 5) is 3.45. The van der Waals surface area contributed by atoms with Crippen LogP contribution in [-0.4, -0.2) is 4.98 Å². The van der Waals surface area contributed by atoms with Crippen molar-refractivity contribution in [3.8, 4) is 0 Å². The van der Waals surface area contributed by atoms with Crippen molar-refractivity contribution in [2.75, 3.05) is 0 Å². The summed E-state index contributed by atoms with van der Waals surface area (Å²) in [5.41, 5.74) is -0.451. The molecule has 1 aromatic heterocycles. The van der Waals surface area contributed by atoms with Crippen LogP contribution in [0, 0.1) is 5.82 Å². The number of alkyl halides is 3. The topological polar surface area (TPSA) is 12.9 Å². The lowest BCUT2D eigenvalue weighted by Gasteiger charge is -2.04. The zero-order valence-electron chi connectivity index (χ0n) is 6.20. The van der Waals surface area contributed by atoms with E-state index in [1.54, 1.807) is 0 Å². The van der Waals surface area contributed by atoms with Crippen molar-refractivity contribution in [1.29, 1.82) is 0 Å². The second-order valence-corrected chi connectivity index (χ2v) is 3.64. The number of nitrogens with zero attached hydrogens (tertiary/aromatic N) is 1. The van der Waals surface area contributed by atoms with Crippen molar-refractivity contribution in [2.24, 2.45) is 0 Å². The smallest absolute Gasteiger partial charge is 0.248 e. The Hall–Kier alpha value is -0.100. The highest BCUT2D eigenvalue weighted by Crippen LogP contribution is 2.25. The molecule has 0 aromatic carbocycles. The molecule has 0 aliphatic rings. The summed E-state index contributed by atoms with van der Waals surface area (Å²) >= 11 is 5.79. The number of pyridine rings is 1. The van der Waals surface area contributed by atoms with Crippen LogP contribution in [0.4, 0.5) is 13.2 Å². The first-order chi connectivity index (χ1) is 6.06. The Bertz CT molecular complexity index is 317. The largest absolute Gasteiger partial charge is 0.280 e. The van der Waals surface area contributed by atoms with E-state index >= 15 is 0 Å². The van der Waals surface area contributed by atoms with E-state index in [-0.39, 0.29) is 15.5 Å². The standard InChI is InChI=1S/C7H4Br2F3N/c8-2-5-6(10)3(9)1-4(13-5)7(11)12/h1,7H,2H2. The first-order valence-corrected chi connectivity index (χ1v) is 5.16. The molecule has 0 bridgehead atoms. The monoisotopic (exact) mass is 317 g/mol. The third kappa shape index (κ3) is 2.43. The minimum atomic E-state index is -2.69. The predicted octanol–water partition coefficient (Wildman–Crippen LogP) is 3.82. The highest BCUT2D eigenvalue weighted by Gasteiger charge is 2.15. The highest BCUT2D eigenvalue weighted by atomic mass is 79.9. The molecule has 1 rings (SSSR count). The summed E-state index contributed by atoms with van der Waals surface area (Å²) in [6.07, 6.45) is -2.69. The molecule has 0 radical (unpaired) electrons. The maximum Gasteiger partial charge on any atom is 0.280 e. The molecule has 13 heavy (non-hydrogen) atoms. The number of hydrogen-bond donors (Lipinski definition) is 0. The van der Waals surface area contributed by atoms with Gasteiger partial charge in [0.15, 0.2) is 5.82 Å². The van der Waals surface area contributed by atoms with Gasteiger partial charge in [0.25, 0.3) is 6.43 Å². The molecule has 6 heteroatoms. The van der Waals surface area contributed by atoms with Gasteiger partial charge in [0.2, 0.25) is 0 Å². The summed E-state index contributed by atoms with van der Waals surface area (Å²) in [7, 11) is 0. The van der Waals surface area contributed by atoms with E-state index in [9.17, 15) is 13.2 Å². The molecule has 0 amide bonds. The number of hydrogen-bond acceptors (Lipinski definition) is 1. The second kappa shape index (κ2) is 4.41. The molecule has 1 aromatic rings. The highest BCUT2D eigenvalue weighted by molar-refractivity contribution is 9.10. The summed E-state index contributed by atoms with van der Waals surface area (Å²) in [6.45, 7) is 0. The van der Waals surface area contributed by atoms with Crippen molar-refractivity contribution < 1.29 is 13.2 Å². The van der Waals surface area contributed by atoms with Gasteiger partial charge in [-0.3, -0.25) is 0 Å². The Morgan fingerprint density at radius 2 is 2.08 bits per heavy atom. The molecule has 0 saturated carbocycles. The van der Waals surface area contributed by atoms with E-state index in [2.05, 4.69) is 36.8 Å². The molecule has 0 saturated heterocycles. The lowest BCUT2D eigenvalue weighted by atomic mass is 10.3. The van der Waals surface area contributed by atoms with Crippen LogP contribution in [0.15, 0.2) is 10.5 Å². The third-order valence-electron chi connectivity index (χ3n) is 1.35. The van der Waals surface area contributed by atoms with Gasteiger partial charge in [-0.05, 0) is 22.0 Å². The fourth-order valence-corrected chi connectivity index (χ4v) is 1.60. The van der Waals surface area contributed by atoms with E-state index in [4.69, 9.17) is 0 Å². The van der Waals surface area contributed by atoms with Crippen LogP contribution < -0.4 is 0 Å². The van der Waals surface area contributed by atoms with Crippen molar-refractivity contribution in [3.05, 3.63) is 27.7 Å². The van der Waals surface area contributed by atoms with Crippen molar-refractivity contribution in [3.63, 3.8) is 0 Å². The molecule has 0 N–H and O–H groups in total. The molecule has 0 spiro atoms. The Kier molecular flexibility index (Phi) is 3.73. The molecule has 1 nitrogen and oxygen atoms in total. The Labute approximate surface area is 89.6 Å². The van der Waals surface area contributed by atoms with Crippen LogP contribution in [0.1, 0.15) is 17.8 Å². The van der Waals surface area contributed by atoms with Crippen molar-refractivity contribution in [2.45, 2.75) is 11.8 Å². The van der Waals surface area contributed by atoms with Gasteiger partial charge in [-0.25, -0.2) is 18.2 Å². The predicted molar refractivity (Wildman–Crippen MR) is 49.5 cm³/mol. The second-order valence-electron chi connectivity index (χ2n) is 2.22. The van der Waals surface area contributed by atoms with E-state index in [0.29, 0.717) is 0 Å². The lowest BCUT2D eigenvalue weighted by Crippen LogP contribution is -1.99. The molecule has 0 aliphatic heterocycles. The van der Waals surface area contributed by atoms with Gasteiger partial charge in [0, 0.05) is 5.33 Å². The van der Waals surface area contributed by atoms with Crippen LogP contribution in [0.3, 0.4) is 0 Å². The maximum absolute atomic E-state index is 13.1. The summed E-state index contributed by atoms with van der Waals surface area (Å²) in [5.74, 6) is -0.610. The molecule has 72 valence electrons. The van der Waals surface area contributed by atoms with Crippen LogP contribution in [0.25, 0.3) is 0 Å². The number of rotatable bonds is 2. The third-order valence-corrected chi connectivity index (χ3v) is 2.46. The van der Waals surface area contributed by atoms with Crippen LogP contribution >= 0.6 is 31.9 Å². The van der Waals surface area contributed by atoms with Crippen molar-refractivity contribution in [1.82, 2.24) is 4.98 Å². The van der Waals surface area contributed by atoms with Crippen LogP contribution in [0.5, 0.6) is 0 Å². The van der Waals surface area contributed by atoms with Gasteiger partial charge >= 0.3 is 0 Å². The number of aromatic nitrogens is 1. The van der Waals surface area contributed by atoms with Gasteiger partial charge in [0.05, 0.1) is 10.2 Å². The summed E-state index contributed by atoms with van der Waals surface area (Å²) in [6, 6.07) is 0.978. The fraction of sp³-hybridized carbons (Fsp3) is 0.286. The minimum absolute atomic E-state index is 0.00671. The Morgan fingerprint density at radius 1 is 1.46 bits per heavy atom. The molecule has 1 heterocycles. The molecule has 0 unspecified atom stereocenters. The summed E-state index contributed by atoms with van der Waals surface area (Å²) in [5, 5.41) is 0.109. The van der Waals surface area contributed by atoms with E-state index < -0.39 is 17.9 Å². The molecule has 0 fully saturated rings. The van der Waals surface area contributed by atoms with Crippen LogP contribution in [0.2, 0.25) is 0 Å². The van der Waals surface area contributed by atoms with Gasteiger partial charge in [0.1, 0.15) is 5.69 Å². The Balaban J connectivity index is 3.22. The van der Waals surface area contributed by atoms with E-state index in [1.807, 2.05) is 0 Å². The Morgan fingerprint density at radius 3 is 2.54 bits per heavy atom. The molecular formula is C7H4Br2F3N. The van der Waals surface area contributed by atoms with Crippen LogP contribution in [-0.2, 0) is 5.33 Å². The van der Waals surface area contributed by atoms with Gasteiger partial charge in [-0.1, -0.05) is 15.9 Å². The minimum Gasteiger partial charge on any atom is -0.248 e.